The van der Waals surface area contributed by atoms with Crippen LogP contribution in [0.4, 0.5) is 0 Å². The van der Waals surface area contributed by atoms with Crippen LogP contribution in [0, 0.1) is 23.0 Å². The topological polar surface area (TPSA) is 102 Å². The average molecular weight is 217 g/mol. The number of ketones is 1. The maximum atomic E-state index is 11.5. The minimum Gasteiger partial charge on any atom is -0.600 e. The fourth-order valence-electron chi connectivity index (χ4n) is 2.25. The van der Waals surface area contributed by atoms with Crippen LogP contribution < -0.4 is 5.23 Å². The van der Waals surface area contributed by atoms with Crippen LogP contribution in [-0.2, 0) is 9.59 Å². The van der Waals surface area contributed by atoms with E-state index in [1.54, 1.807) is 6.92 Å². The summed E-state index contributed by atoms with van der Waals surface area (Å²) in [4.78, 5) is 22.0. The van der Waals surface area contributed by atoms with Gasteiger partial charge in [-0.1, -0.05) is 6.92 Å². The van der Waals surface area contributed by atoms with E-state index in [9.17, 15) is 14.8 Å². The molecule has 0 saturated heterocycles. The summed E-state index contributed by atoms with van der Waals surface area (Å²) in [6, 6.07) is 0. The first-order valence-corrected chi connectivity index (χ1v) is 4.88. The second-order valence-corrected chi connectivity index (χ2v) is 4.11. The summed E-state index contributed by atoms with van der Waals surface area (Å²) < 4.78 is 0. The van der Waals surface area contributed by atoms with Crippen molar-refractivity contribution in [1.82, 2.24) is 0 Å². The SMILES string of the molecule is C[C@@H]1CC(=O)[C@H](CC(=O)O)[C@H]1C[NH+]([O-])O. The molecule has 86 valence electrons. The largest absolute Gasteiger partial charge is 0.600 e. The smallest absolute Gasteiger partial charge is 0.304 e. The van der Waals surface area contributed by atoms with Crippen molar-refractivity contribution in [2.75, 3.05) is 6.54 Å². The monoisotopic (exact) mass is 217 g/mol. The van der Waals surface area contributed by atoms with Gasteiger partial charge in [0.15, 0.2) is 0 Å². The first kappa shape index (κ1) is 12.1. The van der Waals surface area contributed by atoms with E-state index in [4.69, 9.17) is 10.3 Å². The molecule has 0 spiro atoms. The number of quaternary nitrogens is 1. The number of hydroxylamine groups is 2. The molecule has 0 aromatic rings. The molecule has 4 atom stereocenters. The minimum absolute atomic E-state index is 0.0297. The number of rotatable bonds is 4. The highest BCUT2D eigenvalue weighted by molar-refractivity contribution is 5.87. The van der Waals surface area contributed by atoms with Crippen LogP contribution in [-0.4, -0.2) is 28.6 Å². The fourth-order valence-corrected chi connectivity index (χ4v) is 2.25. The Labute approximate surface area is 87.0 Å². The van der Waals surface area contributed by atoms with E-state index in [1.807, 2.05) is 0 Å². The van der Waals surface area contributed by atoms with E-state index in [0.717, 1.165) is 0 Å². The van der Waals surface area contributed by atoms with Gasteiger partial charge in [-0.15, -0.1) is 0 Å². The number of hydrogen-bond acceptors (Lipinski definition) is 4. The van der Waals surface area contributed by atoms with E-state index in [1.165, 1.54) is 0 Å². The first-order chi connectivity index (χ1) is 6.91. The number of hydrogen-bond donors (Lipinski definition) is 3. The summed E-state index contributed by atoms with van der Waals surface area (Å²) in [5, 5.41) is 26.9. The van der Waals surface area contributed by atoms with Crippen LogP contribution in [0.3, 0.4) is 0 Å². The summed E-state index contributed by atoms with van der Waals surface area (Å²) in [6.45, 7) is 1.68. The molecule has 1 aliphatic rings. The third-order valence-corrected chi connectivity index (χ3v) is 2.99. The van der Waals surface area contributed by atoms with Crippen LogP contribution in [0.5, 0.6) is 0 Å². The van der Waals surface area contributed by atoms with Gasteiger partial charge in [0.25, 0.3) is 0 Å². The third kappa shape index (κ3) is 2.98. The van der Waals surface area contributed by atoms with Crippen LogP contribution in [0.25, 0.3) is 0 Å². The fraction of sp³-hybridized carbons (Fsp3) is 0.778. The van der Waals surface area contributed by atoms with Crippen LogP contribution >= 0.6 is 0 Å². The highest BCUT2D eigenvalue weighted by Crippen LogP contribution is 2.35. The van der Waals surface area contributed by atoms with Gasteiger partial charge in [0.2, 0.25) is 0 Å². The average Bonchev–Trinajstić information content (AvgIpc) is 2.30. The molecular formula is C9H15NO5. The summed E-state index contributed by atoms with van der Waals surface area (Å²) in [6.07, 6.45) is 0.0526. The van der Waals surface area contributed by atoms with Gasteiger partial charge in [0, 0.05) is 18.3 Å². The van der Waals surface area contributed by atoms with Gasteiger partial charge in [-0.05, 0) is 5.92 Å². The van der Waals surface area contributed by atoms with Gasteiger partial charge in [0.1, 0.15) is 12.3 Å². The Balaban J connectivity index is 2.70. The van der Waals surface area contributed by atoms with Crippen molar-refractivity contribution >= 4 is 11.8 Å². The lowest BCUT2D eigenvalue weighted by Gasteiger charge is -2.23. The van der Waals surface area contributed by atoms with Gasteiger partial charge in [-0.25, -0.2) is 10.4 Å². The zero-order valence-electron chi connectivity index (χ0n) is 8.47. The van der Waals surface area contributed by atoms with Gasteiger partial charge in [0.05, 0.1) is 6.42 Å². The van der Waals surface area contributed by atoms with E-state index in [-0.39, 0.29) is 30.6 Å². The lowest BCUT2D eigenvalue weighted by atomic mass is 9.88. The van der Waals surface area contributed by atoms with Crippen LogP contribution in [0.1, 0.15) is 19.8 Å². The summed E-state index contributed by atoms with van der Waals surface area (Å²) in [7, 11) is 0. The molecule has 0 aromatic heterocycles. The predicted octanol–water partition coefficient (Wildman–Crippen LogP) is -0.926. The molecule has 1 saturated carbocycles. The zero-order valence-corrected chi connectivity index (χ0v) is 8.47. The maximum absolute atomic E-state index is 11.5. The standard InChI is InChI=1S/C9H15NO5/c1-5-2-8(11)6(3-9(12)13)7(5)4-10(14)15/h5-7,10,14H,2-4H2,1H3,(H,12,13)/t5-,6-,7+/m1/s1. The Morgan fingerprint density at radius 1 is 1.67 bits per heavy atom. The van der Waals surface area contributed by atoms with Crippen LogP contribution in [0.2, 0.25) is 0 Å². The summed E-state index contributed by atoms with van der Waals surface area (Å²) in [5.41, 5.74) is 0. The minimum atomic E-state index is -1.04. The third-order valence-electron chi connectivity index (χ3n) is 2.99. The normalized spacial score (nSPS) is 33.0. The van der Waals surface area contributed by atoms with Crippen molar-refractivity contribution in [2.45, 2.75) is 19.8 Å². The van der Waals surface area contributed by atoms with E-state index < -0.39 is 17.1 Å². The molecule has 6 heteroatoms. The van der Waals surface area contributed by atoms with E-state index in [0.29, 0.717) is 6.42 Å². The predicted molar refractivity (Wildman–Crippen MR) is 49.0 cm³/mol. The Hall–Kier alpha value is -0.980. The molecule has 3 N–H and O–H groups in total. The van der Waals surface area contributed by atoms with Gasteiger partial charge >= 0.3 is 5.97 Å². The van der Waals surface area contributed by atoms with E-state index >= 15 is 0 Å². The van der Waals surface area contributed by atoms with Crippen molar-refractivity contribution in [3.63, 3.8) is 0 Å². The Kier molecular flexibility index (Phi) is 3.78. The number of carboxylic acid groups (broad SMARTS) is 1. The zero-order chi connectivity index (χ0) is 11.6. The quantitative estimate of drug-likeness (QED) is 0.528. The molecule has 0 radical (unpaired) electrons. The Morgan fingerprint density at radius 2 is 2.27 bits per heavy atom. The second-order valence-electron chi connectivity index (χ2n) is 4.11. The van der Waals surface area contributed by atoms with Crippen molar-refractivity contribution in [1.29, 1.82) is 0 Å². The highest BCUT2D eigenvalue weighted by Gasteiger charge is 2.42. The van der Waals surface area contributed by atoms with E-state index in [2.05, 4.69) is 0 Å². The molecule has 0 aromatic carbocycles. The highest BCUT2D eigenvalue weighted by atomic mass is 16.8. The molecule has 0 heterocycles. The number of Topliss-reactive ketones (excluding diaryl/α,β-unsaturated/α-hetero) is 1. The Morgan fingerprint density at radius 3 is 2.73 bits per heavy atom. The number of carbonyl (C=O) groups is 2. The Bertz CT molecular complexity index is 265. The van der Waals surface area contributed by atoms with Crippen LogP contribution in [0.15, 0.2) is 0 Å². The van der Waals surface area contributed by atoms with Crippen molar-refractivity contribution in [3.05, 3.63) is 5.21 Å². The molecule has 0 aliphatic heterocycles. The molecule has 1 unspecified atom stereocenters. The maximum Gasteiger partial charge on any atom is 0.304 e. The molecule has 0 amide bonds. The summed E-state index contributed by atoms with van der Waals surface area (Å²) >= 11 is 0. The second kappa shape index (κ2) is 4.69. The molecular weight excluding hydrogens is 202 g/mol. The molecule has 6 nitrogen and oxygen atoms in total. The number of aliphatic carboxylic acids is 1. The van der Waals surface area contributed by atoms with Gasteiger partial charge in [-0.3, -0.25) is 9.59 Å². The lowest BCUT2D eigenvalue weighted by molar-refractivity contribution is -1.05. The summed E-state index contributed by atoms with van der Waals surface area (Å²) in [5.74, 6) is -2.13. The molecule has 1 aliphatic carbocycles. The van der Waals surface area contributed by atoms with Crippen molar-refractivity contribution < 1.29 is 25.1 Å². The molecule has 15 heavy (non-hydrogen) atoms. The van der Waals surface area contributed by atoms with Gasteiger partial charge in [-0.2, -0.15) is 0 Å². The number of carbonyl (C=O) groups excluding carboxylic acids is 1. The first-order valence-electron chi connectivity index (χ1n) is 4.88. The number of carboxylic acids is 1. The molecule has 1 rings (SSSR count). The lowest BCUT2D eigenvalue weighted by Crippen LogP contribution is -3.05. The van der Waals surface area contributed by atoms with Gasteiger partial charge < -0.3 is 10.3 Å². The van der Waals surface area contributed by atoms with Crippen molar-refractivity contribution in [2.24, 2.45) is 17.8 Å². The molecule has 0 bridgehead atoms. The van der Waals surface area contributed by atoms with Crippen molar-refractivity contribution in [3.8, 4) is 0 Å². The molecule has 1 fully saturated rings. The number of nitrogens with one attached hydrogen (secondary N) is 1.